The first-order chi connectivity index (χ1) is 6.96. The topological polar surface area (TPSA) is 44.8 Å². The van der Waals surface area contributed by atoms with Gasteiger partial charge < -0.3 is 14.2 Å². The van der Waals surface area contributed by atoms with Crippen molar-refractivity contribution in [3.8, 4) is 0 Å². The number of carbonyl (C=O) groups is 1. The Kier molecular flexibility index (Phi) is 2.66. The maximum Gasteiger partial charge on any atom is 0.187 e. The van der Waals surface area contributed by atoms with Crippen molar-refractivity contribution in [2.75, 3.05) is 0 Å². The molecule has 2 aliphatic rings. The molecule has 4 heteroatoms. The standard InChI is InChI=1S/C11H16O4/c1-7(12)4-5-8-6-9-10(13-8)15-11(2,3)14-9/h4-5,8-10H,6H2,1-3H3/b5-4+/t8-,9-,10?/m1/s1. The zero-order valence-corrected chi connectivity index (χ0v) is 9.23. The van der Waals surface area contributed by atoms with Gasteiger partial charge in [-0.3, -0.25) is 4.79 Å². The molecule has 4 nitrogen and oxygen atoms in total. The van der Waals surface area contributed by atoms with E-state index >= 15 is 0 Å². The van der Waals surface area contributed by atoms with E-state index < -0.39 is 5.79 Å². The normalized spacial score (nSPS) is 38.5. The van der Waals surface area contributed by atoms with Crippen LogP contribution in [0.25, 0.3) is 0 Å². The molecule has 2 saturated heterocycles. The third-order valence-corrected chi connectivity index (χ3v) is 2.46. The Labute approximate surface area is 89.2 Å². The molecule has 0 saturated carbocycles. The van der Waals surface area contributed by atoms with Crippen LogP contribution >= 0.6 is 0 Å². The molecule has 0 spiro atoms. The third kappa shape index (κ3) is 2.45. The van der Waals surface area contributed by atoms with Gasteiger partial charge in [-0.05, 0) is 26.8 Å². The number of rotatable bonds is 2. The van der Waals surface area contributed by atoms with Crippen molar-refractivity contribution < 1.29 is 19.0 Å². The zero-order chi connectivity index (χ0) is 11.1. The Morgan fingerprint density at radius 2 is 2.13 bits per heavy atom. The minimum absolute atomic E-state index is 0.0124. The maximum atomic E-state index is 10.7. The average molecular weight is 212 g/mol. The molecule has 0 bridgehead atoms. The predicted molar refractivity (Wildman–Crippen MR) is 53.1 cm³/mol. The van der Waals surface area contributed by atoms with Gasteiger partial charge in [0.25, 0.3) is 0 Å². The fourth-order valence-electron chi connectivity index (χ4n) is 1.90. The molecule has 2 heterocycles. The summed E-state index contributed by atoms with van der Waals surface area (Å²) in [7, 11) is 0. The first-order valence-corrected chi connectivity index (χ1v) is 5.16. The Balaban J connectivity index is 1.91. The lowest BCUT2D eigenvalue weighted by molar-refractivity contribution is -0.200. The summed E-state index contributed by atoms with van der Waals surface area (Å²) >= 11 is 0. The van der Waals surface area contributed by atoms with Crippen molar-refractivity contribution in [2.24, 2.45) is 0 Å². The fraction of sp³-hybridized carbons (Fsp3) is 0.727. The SMILES string of the molecule is CC(=O)/C=C/[C@@H]1C[C@H]2OC(C)(C)OC2O1. The summed E-state index contributed by atoms with van der Waals surface area (Å²) in [6.45, 7) is 5.26. The minimum atomic E-state index is -0.551. The predicted octanol–water partition coefficient (Wildman–Crippen LogP) is 1.40. The summed E-state index contributed by atoms with van der Waals surface area (Å²) in [5.41, 5.74) is 0. The number of fused-ring (bicyclic) bond motifs is 1. The molecule has 15 heavy (non-hydrogen) atoms. The fourth-order valence-corrected chi connectivity index (χ4v) is 1.90. The highest BCUT2D eigenvalue weighted by molar-refractivity contribution is 5.87. The number of hydrogen-bond donors (Lipinski definition) is 0. The molecule has 0 aromatic carbocycles. The lowest BCUT2D eigenvalue weighted by Gasteiger charge is -2.19. The van der Waals surface area contributed by atoms with E-state index in [-0.39, 0.29) is 24.3 Å². The summed E-state index contributed by atoms with van der Waals surface area (Å²) in [5.74, 6) is -0.525. The maximum absolute atomic E-state index is 10.7. The zero-order valence-electron chi connectivity index (χ0n) is 9.23. The van der Waals surface area contributed by atoms with Crippen molar-refractivity contribution in [3.05, 3.63) is 12.2 Å². The molecule has 1 unspecified atom stereocenters. The van der Waals surface area contributed by atoms with Crippen LogP contribution in [0, 0.1) is 0 Å². The first-order valence-electron chi connectivity index (χ1n) is 5.16. The Morgan fingerprint density at radius 1 is 1.40 bits per heavy atom. The third-order valence-electron chi connectivity index (χ3n) is 2.46. The summed E-state index contributed by atoms with van der Waals surface area (Å²) in [5, 5.41) is 0. The van der Waals surface area contributed by atoms with Crippen molar-refractivity contribution >= 4 is 5.78 Å². The van der Waals surface area contributed by atoms with E-state index in [9.17, 15) is 4.79 Å². The highest BCUT2D eigenvalue weighted by Crippen LogP contribution is 2.37. The molecule has 0 aromatic rings. The molecule has 3 atom stereocenters. The molecule has 2 fully saturated rings. The monoisotopic (exact) mass is 212 g/mol. The molecule has 0 amide bonds. The van der Waals surface area contributed by atoms with Gasteiger partial charge in [0.15, 0.2) is 17.9 Å². The van der Waals surface area contributed by atoms with Gasteiger partial charge in [0.05, 0.1) is 6.10 Å². The van der Waals surface area contributed by atoms with Gasteiger partial charge in [-0.2, -0.15) is 0 Å². The molecule has 2 aliphatic heterocycles. The highest BCUT2D eigenvalue weighted by Gasteiger charge is 2.47. The molecule has 84 valence electrons. The van der Waals surface area contributed by atoms with Gasteiger partial charge in [-0.1, -0.05) is 6.08 Å². The van der Waals surface area contributed by atoms with Gasteiger partial charge in [0.2, 0.25) is 0 Å². The van der Waals surface area contributed by atoms with Crippen LogP contribution in [0.15, 0.2) is 12.2 Å². The van der Waals surface area contributed by atoms with Crippen molar-refractivity contribution in [1.29, 1.82) is 0 Å². The Hall–Kier alpha value is -0.710. The van der Waals surface area contributed by atoms with Crippen molar-refractivity contribution in [2.45, 2.75) is 51.5 Å². The lowest BCUT2D eigenvalue weighted by atomic mass is 10.2. The number of carbonyl (C=O) groups excluding carboxylic acids is 1. The molecular weight excluding hydrogens is 196 g/mol. The largest absolute Gasteiger partial charge is 0.342 e. The summed E-state index contributed by atoms with van der Waals surface area (Å²) in [6.07, 6.45) is 3.66. The van der Waals surface area contributed by atoms with Crippen molar-refractivity contribution in [3.63, 3.8) is 0 Å². The van der Waals surface area contributed by atoms with E-state index in [2.05, 4.69) is 0 Å². The van der Waals surface area contributed by atoms with E-state index in [1.54, 1.807) is 6.08 Å². The van der Waals surface area contributed by atoms with Crippen LogP contribution < -0.4 is 0 Å². The number of allylic oxidation sites excluding steroid dienone is 1. The van der Waals surface area contributed by atoms with Crippen LogP contribution in [-0.4, -0.2) is 30.1 Å². The molecular formula is C11H16O4. The number of hydrogen-bond acceptors (Lipinski definition) is 4. The van der Waals surface area contributed by atoms with E-state index in [1.807, 2.05) is 13.8 Å². The van der Waals surface area contributed by atoms with Gasteiger partial charge in [0.1, 0.15) is 6.10 Å². The van der Waals surface area contributed by atoms with E-state index in [4.69, 9.17) is 14.2 Å². The number of ketones is 1. The van der Waals surface area contributed by atoms with E-state index in [0.717, 1.165) is 6.42 Å². The minimum Gasteiger partial charge on any atom is -0.342 e. The highest BCUT2D eigenvalue weighted by atomic mass is 16.8. The van der Waals surface area contributed by atoms with Crippen LogP contribution in [0.5, 0.6) is 0 Å². The van der Waals surface area contributed by atoms with Gasteiger partial charge >= 0.3 is 0 Å². The van der Waals surface area contributed by atoms with Crippen LogP contribution in [-0.2, 0) is 19.0 Å². The second kappa shape index (κ2) is 3.70. The summed E-state index contributed by atoms with van der Waals surface area (Å²) in [6, 6.07) is 0. The van der Waals surface area contributed by atoms with Crippen LogP contribution in [0.2, 0.25) is 0 Å². The van der Waals surface area contributed by atoms with Crippen LogP contribution in [0.4, 0.5) is 0 Å². The summed E-state index contributed by atoms with van der Waals surface area (Å²) < 4.78 is 16.8. The Morgan fingerprint density at radius 3 is 2.73 bits per heavy atom. The second-order valence-electron chi connectivity index (χ2n) is 4.42. The molecule has 2 rings (SSSR count). The van der Waals surface area contributed by atoms with Gasteiger partial charge in [-0.15, -0.1) is 0 Å². The Bertz CT molecular complexity index is 279. The molecule has 0 aliphatic carbocycles. The van der Waals surface area contributed by atoms with Gasteiger partial charge in [0, 0.05) is 6.42 Å². The average Bonchev–Trinajstić information content (AvgIpc) is 2.53. The molecule has 0 N–H and O–H groups in total. The van der Waals surface area contributed by atoms with E-state index in [1.165, 1.54) is 13.0 Å². The summed E-state index contributed by atoms with van der Waals surface area (Å²) in [4.78, 5) is 10.7. The quantitative estimate of drug-likeness (QED) is 0.649. The van der Waals surface area contributed by atoms with Crippen molar-refractivity contribution in [1.82, 2.24) is 0 Å². The molecule has 0 aromatic heterocycles. The van der Waals surface area contributed by atoms with Crippen LogP contribution in [0.1, 0.15) is 27.2 Å². The molecule has 0 radical (unpaired) electrons. The first kappa shape index (κ1) is 10.8. The number of ether oxygens (including phenoxy) is 3. The smallest absolute Gasteiger partial charge is 0.187 e. The van der Waals surface area contributed by atoms with Crippen LogP contribution in [0.3, 0.4) is 0 Å². The van der Waals surface area contributed by atoms with E-state index in [0.29, 0.717) is 0 Å². The lowest BCUT2D eigenvalue weighted by Crippen LogP contribution is -2.24. The second-order valence-corrected chi connectivity index (χ2v) is 4.42. The van der Waals surface area contributed by atoms with Gasteiger partial charge in [-0.25, -0.2) is 0 Å².